The number of unbranched alkanes of at least 4 members (excludes halogenated alkanes) is 2. The Labute approximate surface area is 125 Å². The predicted octanol–water partition coefficient (Wildman–Crippen LogP) is 6.33. The van der Waals surface area contributed by atoms with Gasteiger partial charge in [-0.3, -0.25) is 0 Å². The lowest BCUT2D eigenvalue weighted by atomic mass is 9.76. The van der Waals surface area contributed by atoms with Gasteiger partial charge in [-0.2, -0.15) is 0 Å². The van der Waals surface area contributed by atoms with E-state index in [0.717, 1.165) is 5.92 Å². The lowest BCUT2D eigenvalue weighted by Crippen LogP contribution is -2.14. The molecule has 0 heteroatoms. The Morgan fingerprint density at radius 1 is 1.20 bits per heavy atom. The van der Waals surface area contributed by atoms with Crippen LogP contribution in [-0.2, 0) is 0 Å². The first kappa shape index (κ1) is 15.4. The second-order valence-electron chi connectivity index (χ2n) is 6.54. The lowest BCUT2D eigenvalue weighted by molar-refractivity contribution is 0.495. The SMILES string of the molecule is C=C(C)CCCCCC(=C)C1CCC2=C([CH]C=CC2)C1. The van der Waals surface area contributed by atoms with Gasteiger partial charge >= 0.3 is 0 Å². The average Bonchev–Trinajstić information content (AvgIpc) is 2.46. The minimum atomic E-state index is 0.734. The fourth-order valence-corrected chi connectivity index (χ4v) is 3.34. The van der Waals surface area contributed by atoms with Gasteiger partial charge in [0, 0.05) is 6.42 Å². The van der Waals surface area contributed by atoms with Crippen molar-refractivity contribution in [2.45, 2.75) is 64.7 Å². The van der Waals surface area contributed by atoms with Gasteiger partial charge in [-0.15, -0.1) is 6.58 Å². The van der Waals surface area contributed by atoms with E-state index < -0.39 is 0 Å². The van der Waals surface area contributed by atoms with Gasteiger partial charge in [0.2, 0.25) is 0 Å². The summed E-state index contributed by atoms with van der Waals surface area (Å²) in [6.07, 6.45) is 18.2. The molecule has 1 unspecified atom stereocenters. The topological polar surface area (TPSA) is 0 Å². The average molecular weight is 269 g/mol. The first-order chi connectivity index (χ1) is 9.66. The maximum absolute atomic E-state index is 4.38. The summed E-state index contributed by atoms with van der Waals surface area (Å²) < 4.78 is 0. The summed E-state index contributed by atoms with van der Waals surface area (Å²) in [5, 5.41) is 0. The fourth-order valence-electron chi connectivity index (χ4n) is 3.34. The Hall–Kier alpha value is -1.04. The third kappa shape index (κ3) is 4.51. The molecule has 1 radical (unpaired) electrons. The van der Waals surface area contributed by atoms with Crippen LogP contribution in [0, 0.1) is 12.3 Å². The van der Waals surface area contributed by atoms with Gasteiger partial charge in [0.05, 0.1) is 0 Å². The van der Waals surface area contributed by atoms with Crippen LogP contribution in [0.3, 0.4) is 0 Å². The van der Waals surface area contributed by atoms with E-state index >= 15 is 0 Å². The molecule has 0 fully saturated rings. The Morgan fingerprint density at radius 2 is 2.00 bits per heavy atom. The Balaban J connectivity index is 1.69. The van der Waals surface area contributed by atoms with Crippen molar-refractivity contribution in [2.24, 2.45) is 5.92 Å². The van der Waals surface area contributed by atoms with E-state index in [1.807, 2.05) is 0 Å². The van der Waals surface area contributed by atoms with Crippen molar-refractivity contribution in [3.63, 3.8) is 0 Å². The normalized spacial score (nSPS) is 21.8. The van der Waals surface area contributed by atoms with Crippen LogP contribution in [0.2, 0.25) is 0 Å². The monoisotopic (exact) mass is 269 g/mol. The maximum Gasteiger partial charge on any atom is 0.00802 e. The van der Waals surface area contributed by atoms with Crippen LogP contribution < -0.4 is 0 Å². The van der Waals surface area contributed by atoms with Crippen molar-refractivity contribution in [1.82, 2.24) is 0 Å². The Bertz CT molecular complexity index is 419. The van der Waals surface area contributed by atoms with E-state index in [9.17, 15) is 0 Å². The highest BCUT2D eigenvalue weighted by Gasteiger charge is 2.22. The number of hydrogen-bond donors (Lipinski definition) is 0. The number of hydrogen-bond acceptors (Lipinski definition) is 0. The predicted molar refractivity (Wildman–Crippen MR) is 89.5 cm³/mol. The van der Waals surface area contributed by atoms with Gasteiger partial charge in [0.1, 0.15) is 0 Å². The van der Waals surface area contributed by atoms with Crippen molar-refractivity contribution in [3.8, 4) is 0 Å². The molecular weight excluding hydrogens is 240 g/mol. The van der Waals surface area contributed by atoms with Crippen LogP contribution in [0.25, 0.3) is 0 Å². The standard InChI is InChI=1S/C20H29/c1-16(2)9-5-4-6-10-17(3)19-14-13-18-11-7-8-12-20(18)15-19/h7-8,12,19H,1,3-6,9-11,13-15H2,2H3. The van der Waals surface area contributed by atoms with E-state index in [1.54, 1.807) is 11.1 Å². The third-order valence-electron chi connectivity index (χ3n) is 4.69. The Kier molecular flexibility index (Phi) is 5.88. The van der Waals surface area contributed by atoms with Gasteiger partial charge in [0.15, 0.2) is 0 Å². The van der Waals surface area contributed by atoms with Crippen molar-refractivity contribution in [3.05, 3.63) is 54.0 Å². The van der Waals surface area contributed by atoms with E-state index in [1.165, 1.54) is 68.9 Å². The summed E-state index contributed by atoms with van der Waals surface area (Å²) in [5.74, 6) is 0.734. The summed E-state index contributed by atoms with van der Waals surface area (Å²) in [4.78, 5) is 0. The van der Waals surface area contributed by atoms with Gasteiger partial charge in [-0.1, -0.05) is 47.4 Å². The van der Waals surface area contributed by atoms with Crippen LogP contribution in [0.15, 0.2) is 47.6 Å². The molecule has 2 rings (SSSR count). The molecule has 20 heavy (non-hydrogen) atoms. The molecular formula is C20H29. The molecule has 0 aromatic carbocycles. The molecule has 0 spiro atoms. The van der Waals surface area contributed by atoms with Crippen LogP contribution in [-0.4, -0.2) is 0 Å². The van der Waals surface area contributed by atoms with Crippen molar-refractivity contribution < 1.29 is 0 Å². The van der Waals surface area contributed by atoms with E-state index in [2.05, 4.69) is 38.7 Å². The first-order valence-corrected chi connectivity index (χ1v) is 8.19. The number of rotatable bonds is 7. The van der Waals surface area contributed by atoms with Crippen LogP contribution in [0.5, 0.6) is 0 Å². The minimum Gasteiger partial charge on any atom is -0.100 e. The largest absolute Gasteiger partial charge is 0.100 e. The maximum atomic E-state index is 4.38. The second-order valence-corrected chi connectivity index (χ2v) is 6.54. The minimum absolute atomic E-state index is 0.734. The van der Waals surface area contributed by atoms with Gasteiger partial charge in [0.25, 0.3) is 0 Å². The van der Waals surface area contributed by atoms with E-state index in [4.69, 9.17) is 0 Å². The van der Waals surface area contributed by atoms with E-state index in [0.29, 0.717) is 0 Å². The molecule has 0 bridgehead atoms. The third-order valence-corrected chi connectivity index (χ3v) is 4.69. The summed E-state index contributed by atoms with van der Waals surface area (Å²) in [6, 6.07) is 0. The molecule has 0 saturated heterocycles. The highest BCUT2D eigenvalue weighted by atomic mass is 14.3. The molecule has 0 saturated carbocycles. The van der Waals surface area contributed by atoms with Crippen molar-refractivity contribution >= 4 is 0 Å². The second kappa shape index (κ2) is 7.67. The zero-order valence-electron chi connectivity index (χ0n) is 13.1. The molecule has 0 aromatic rings. The highest BCUT2D eigenvalue weighted by molar-refractivity contribution is 5.36. The van der Waals surface area contributed by atoms with Crippen LogP contribution in [0.1, 0.15) is 64.7 Å². The summed E-state index contributed by atoms with van der Waals surface area (Å²) >= 11 is 0. The summed E-state index contributed by atoms with van der Waals surface area (Å²) in [6.45, 7) is 10.5. The van der Waals surface area contributed by atoms with Gasteiger partial charge < -0.3 is 0 Å². The van der Waals surface area contributed by atoms with Crippen molar-refractivity contribution in [1.29, 1.82) is 0 Å². The highest BCUT2D eigenvalue weighted by Crippen LogP contribution is 2.39. The zero-order valence-corrected chi connectivity index (χ0v) is 13.1. The zero-order chi connectivity index (χ0) is 14.4. The van der Waals surface area contributed by atoms with Crippen LogP contribution >= 0.6 is 0 Å². The molecule has 0 aromatic heterocycles. The molecule has 2 aliphatic carbocycles. The lowest BCUT2D eigenvalue weighted by Gasteiger charge is -2.29. The molecule has 0 heterocycles. The smallest absolute Gasteiger partial charge is 0.00802 e. The molecule has 0 nitrogen and oxygen atoms in total. The first-order valence-electron chi connectivity index (χ1n) is 8.19. The molecule has 2 aliphatic rings. The summed E-state index contributed by atoms with van der Waals surface area (Å²) in [7, 11) is 0. The summed E-state index contributed by atoms with van der Waals surface area (Å²) in [5.41, 5.74) is 6.09. The van der Waals surface area contributed by atoms with Gasteiger partial charge in [-0.05, 0) is 64.2 Å². The molecule has 109 valence electrons. The molecule has 1 atom stereocenters. The Morgan fingerprint density at radius 3 is 2.80 bits per heavy atom. The number of allylic oxidation sites excluding steroid dienone is 6. The van der Waals surface area contributed by atoms with Crippen molar-refractivity contribution in [2.75, 3.05) is 0 Å². The van der Waals surface area contributed by atoms with E-state index in [-0.39, 0.29) is 0 Å². The molecule has 0 aliphatic heterocycles. The van der Waals surface area contributed by atoms with Crippen LogP contribution in [0.4, 0.5) is 0 Å². The fraction of sp³-hybridized carbons (Fsp3) is 0.550. The molecule has 0 amide bonds. The van der Waals surface area contributed by atoms with Gasteiger partial charge in [-0.25, -0.2) is 0 Å². The molecule has 0 N–H and O–H groups in total. The quantitative estimate of drug-likeness (QED) is 0.374.